The van der Waals surface area contributed by atoms with E-state index in [-0.39, 0.29) is 30.4 Å². The molecule has 0 saturated carbocycles. The Hall–Kier alpha value is -3.46. The molecule has 28 heavy (non-hydrogen) atoms. The van der Waals surface area contributed by atoms with Crippen LogP contribution in [0.15, 0.2) is 35.1 Å². The van der Waals surface area contributed by atoms with Crippen LogP contribution in [0.25, 0.3) is 5.82 Å². The number of benzene rings is 1. The lowest BCUT2D eigenvalue weighted by Crippen LogP contribution is -2.25. The molecule has 0 saturated heterocycles. The largest absolute Gasteiger partial charge is 0.496 e. The van der Waals surface area contributed by atoms with Crippen LogP contribution in [0.2, 0.25) is 0 Å². The summed E-state index contributed by atoms with van der Waals surface area (Å²) in [7, 11) is 1.55. The Labute approximate surface area is 160 Å². The fourth-order valence-corrected chi connectivity index (χ4v) is 3.59. The number of carbonyl (C=O) groups excluding carboxylic acids is 1. The van der Waals surface area contributed by atoms with Crippen molar-refractivity contribution in [2.24, 2.45) is 0 Å². The lowest BCUT2D eigenvalue weighted by molar-refractivity contribution is -0.116. The summed E-state index contributed by atoms with van der Waals surface area (Å²) in [6.45, 7) is 1.70. The molecule has 1 aromatic carbocycles. The lowest BCUT2D eigenvalue weighted by Gasteiger charge is -2.25. The zero-order valence-electron chi connectivity index (χ0n) is 15.4. The molecule has 0 aliphatic carbocycles. The first-order valence-electron chi connectivity index (χ1n) is 8.75. The van der Waals surface area contributed by atoms with Crippen molar-refractivity contribution < 1.29 is 14.6 Å². The molecule has 2 aromatic heterocycles. The minimum absolute atomic E-state index is 0.149. The van der Waals surface area contributed by atoms with E-state index in [0.29, 0.717) is 22.9 Å². The summed E-state index contributed by atoms with van der Waals surface area (Å²) in [5.41, 5.74) is 2.84. The molecule has 1 aliphatic rings. The Morgan fingerprint density at radius 3 is 2.79 bits per heavy atom. The van der Waals surface area contributed by atoms with Crippen molar-refractivity contribution >= 4 is 11.7 Å². The molecule has 0 bridgehead atoms. The molecular formula is C19H19N5O4. The number of nitrogens with one attached hydrogen (secondary N) is 2. The minimum Gasteiger partial charge on any atom is -0.496 e. The van der Waals surface area contributed by atoms with Gasteiger partial charge in [0.05, 0.1) is 19.4 Å². The summed E-state index contributed by atoms with van der Waals surface area (Å²) in [5.74, 6) is 1.15. The van der Waals surface area contributed by atoms with Crippen LogP contribution in [0.5, 0.6) is 5.75 Å². The molecule has 9 nitrogen and oxygen atoms in total. The highest BCUT2D eigenvalue weighted by atomic mass is 16.5. The SMILES string of the molecule is COc1ccc([C@H]2CC(=O)Nc3c2c(C)nn3-c2ccc(=O)[nH]n2)cc1CO. The summed E-state index contributed by atoms with van der Waals surface area (Å²) in [5, 5.41) is 23.4. The molecule has 0 unspecified atom stereocenters. The van der Waals surface area contributed by atoms with Gasteiger partial charge in [-0.05, 0) is 30.7 Å². The number of ether oxygens (including phenoxy) is 1. The predicted molar refractivity (Wildman–Crippen MR) is 101 cm³/mol. The number of hydrogen-bond donors (Lipinski definition) is 3. The van der Waals surface area contributed by atoms with Crippen LogP contribution in [0.3, 0.4) is 0 Å². The monoisotopic (exact) mass is 381 g/mol. The van der Waals surface area contributed by atoms with Crippen molar-refractivity contribution in [1.29, 1.82) is 0 Å². The molecule has 144 valence electrons. The third kappa shape index (κ3) is 2.95. The number of methoxy groups -OCH3 is 1. The molecule has 3 aromatic rings. The van der Waals surface area contributed by atoms with Gasteiger partial charge < -0.3 is 15.2 Å². The van der Waals surface area contributed by atoms with E-state index in [2.05, 4.69) is 20.6 Å². The van der Waals surface area contributed by atoms with Gasteiger partial charge in [-0.2, -0.15) is 14.9 Å². The summed E-state index contributed by atoms with van der Waals surface area (Å²) < 4.78 is 6.79. The number of H-pyrrole nitrogens is 1. The third-order valence-corrected chi connectivity index (χ3v) is 4.86. The van der Waals surface area contributed by atoms with Gasteiger partial charge in [-0.15, -0.1) is 0 Å². The van der Waals surface area contributed by atoms with Crippen molar-refractivity contribution in [3.8, 4) is 11.6 Å². The van der Waals surface area contributed by atoms with Crippen molar-refractivity contribution in [2.45, 2.75) is 25.9 Å². The lowest BCUT2D eigenvalue weighted by atomic mass is 9.85. The molecule has 3 heterocycles. The first-order chi connectivity index (χ1) is 13.5. The molecule has 3 N–H and O–H groups in total. The summed E-state index contributed by atoms with van der Waals surface area (Å²) >= 11 is 0. The summed E-state index contributed by atoms with van der Waals surface area (Å²) in [6.07, 6.45) is 0.260. The number of amides is 1. The molecular weight excluding hydrogens is 362 g/mol. The maximum absolute atomic E-state index is 12.4. The van der Waals surface area contributed by atoms with Crippen LogP contribution in [0.4, 0.5) is 5.82 Å². The molecule has 4 rings (SSSR count). The number of carbonyl (C=O) groups is 1. The van der Waals surface area contributed by atoms with Gasteiger partial charge >= 0.3 is 0 Å². The maximum Gasteiger partial charge on any atom is 0.264 e. The number of aryl methyl sites for hydroxylation is 1. The average Bonchev–Trinajstić information content (AvgIpc) is 3.03. The number of fused-ring (bicyclic) bond motifs is 1. The molecule has 0 spiro atoms. The molecule has 1 aliphatic heterocycles. The van der Waals surface area contributed by atoms with Gasteiger partial charge in [0.2, 0.25) is 5.91 Å². The van der Waals surface area contributed by atoms with E-state index >= 15 is 0 Å². The third-order valence-electron chi connectivity index (χ3n) is 4.86. The van der Waals surface area contributed by atoms with Crippen molar-refractivity contribution in [3.05, 3.63) is 63.1 Å². The Bertz CT molecular complexity index is 1100. The summed E-state index contributed by atoms with van der Waals surface area (Å²) in [4.78, 5) is 23.7. The maximum atomic E-state index is 12.4. The second-order valence-electron chi connectivity index (χ2n) is 6.57. The summed E-state index contributed by atoms with van der Waals surface area (Å²) in [6, 6.07) is 8.42. The minimum atomic E-state index is -0.321. The number of nitrogens with zero attached hydrogens (tertiary/aromatic N) is 3. The van der Waals surface area contributed by atoms with E-state index in [9.17, 15) is 14.7 Å². The van der Waals surface area contributed by atoms with E-state index in [4.69, 9.17) is 4.74 Å². The quantitative estimate of drug-likeness (QED) is 0.625. The van der Waals surface area contributed by atoms with Crippen molar-refractivity contribution in [2.75, 3.05) is 12.4 Å². The number of aromatic nitrogens is 4. The molecule has 0 radical (unpaired) electrons. The normalized spacial score (nSPS) is 15.8. The van der Waals surface area contributed by atoms with E-state index < -0.39 is 0 Å². The molecule has 1 atom stereocenters. The number of rotatable bonds is 4. The molecule has 0 fully saturated rings. The van der Waals surface area contributed by atoms with Crippen LogP contribution < -0.4 is 15.6 Å². The number of anilines is 1. The number of aromatic amines is 1. The highest BCUT2D eigenvalue weighted by Gasteiger charge is 2.33. The standard InChI is InChI=1S/C19H19N5O4/c1-10-18-13(11-3-4-14(28-2)12(7-11)9-25)8-17(27)20-19(18)24(23-10)15-5-6-16(26)22-21-15/h3-7,13,25H,8-9H2,1-2H3,(H,20,27)(H,22,26)/t13-/m1/s1. The zero-order valence-corrected chi connectivity index (χ0v) is 15.4. The van der Waals surface area contributed by atoms with Gasteiger partial charge in [0.25, 0.3) is 5.56 Å². The number of hydrogen-bond acceptors (Lipinski definition) is 6. The Balaban J connectivity index is 1.85. The van der Waals surface area contributed by atoms with Crippen molar-refractivity contribution in [3.63, 3.8) is 0 Å². The number of aliphatic hydroxyl groups is 1. The molecule has 9 heteroatoms. The van der Waals surface area contributed by atoms with Crippen LogP contribution in [0, 0.1) is 6.92 Å². The van der Waals surface area contributed by atoms with E-state index in [1.54, 1.807) is 19.2 Å². The molecule has 1 amide bonds. The van der Waals surface area contributed by atoms with Gasteiger partial charge in [0.1, 0.15) is 11.6 Å². The van der Waals surface area contributed by atoms with Crippen LogP contribution >= 0.6 is 0 Å². The number of aliphatic hydroxyl groups excluding tert-OH is 1. The fourth-order valence-electron chi connectivity index (χ4n) is 3.59. The predicted octanol–water partition coefficient (Wildman–Crippen LogP) is 1.24. The second-order valence-corrected chi connectivity index (χ2v) is 6.57. The highest BCUT2D eigenvalue weighted by molar-refractivity contribution is 5.95. The Morgan fingerprint density at radius 2 is 2.11 bits per heavy atom. The van der Waals surface area contributed by atoms with Gasteiger partial charge in [0, 0.05) is 29.5 Å². The highest BCUT2D eigenvalue weighted by Crippen LogP contribution is 2.40. The van der Waals surface area contributed by atoms with Gasteiger partial charge in [0.15, 0.2) is 5.82 Å². The zero-order chi connectivity index (χ0) is 19.8. The fraction of sp³-hybridized carbons (Fsp3) is 0.263. The van der Waals surface area contributed by atoms with E-state index in [1.165, 1.54) is 10.7 Å². The van der Waals surface area contributed by atoms with Crippen LogP contribution in [-0.2, 0) is 11.4 Å². The Kier molecular flexibility index (Phi) is 4.44. The Morgan fingerprint density at radius 1 is 1.29 bits per heavy atom. The first-order valence-corrected chi connectivity index (χ1v) is 8.75. The van der Waals surface area contributed by atoms with E-state index in [1.807, 2.05) is 19.1 Å². The van der Waals surface area contributed by atoms with Gasteiger partial charge in [-0.1, -0.05) is 6.07 Å². The smallest absolute Gasteiger partial charge is 0.264 e. The van der Waals surface area contributed by atoms with Crippen molar-refractivity contribution in [1.82, 2.24) is 20.0 Å². The van der Waals surface area contributed by atoms with Crippen LogP contribution in [-0.4, -0.2) is 38.1 Å². The van der Waals surface area contributed by atoms with Gasteiger partial charge in [-0.25, -0.2) is 5.10 Å². The van der Waals surface area contributed by atoms with Crippen LogP contribution in [0.1, 0.15) is 34.7 Å². The topological polar surface area (TPSA) is 122 Å². The van der Waals surface area contributed by atoms with Gasteiger partial charge in [-0.3, -0.25) is 9.59 Å². The second kappa shape index (κ2) is 6.93. The average molecular weight is 381 g/mol. The van der Waals surface area contributed by atoms with E-state index in [0.717, 1.165) is 16.8 Å². The first kappa shape index (κ1) is 17.9.